The zero-order chi connectivity index (χ0) is 67.4. The third kappa shape index (κ3) is 17.3. The molecule has 23 heteroatoms. The number of rotatable bonds is 15. The molecule has 498 valence electrons. The van der Waals surface area contributed by atoms with Crippen LogP contribution in [0.15, 0.2) is 170 Å². The Hall–Kier alpha value is -11.0. The van der Waals surface area contributed by atoms with Gasteiger partial charge >= 0.3 is 0 Å². The monoisotopic (exact) mass is 1320 g/mol. The molecular formula is C74H78ClN15O7. The molecule has 0 saturated carbocycles. The van der Waals surface area contributed by atoms with Crippen LogP contribution in [0.5, 0.6) is 5.75 Å². The Balaban J connectivity index is 0.000000159. The highest BCUT2D eigenvalue weighted by Gasteiger charge is 2.22. The molecule has 6 amide bonds. The molecule has 22 nitrogen and oxygen atoms in total. The maximum Gasteiger partial charge on any atom is 0.246 e. The van der Waals surface area contributed by atoms with Crippen LogP contribution in [-0.4, -0.2) is 132 Å². The van der Waals surface area contributed by atoms with E-state index in [0.717, 1.165) is 94.5 Å². The SMILES string of the molecule is CN(Cc1cc2ccccc2n1C)C(=O)/C=C/c1cnc2c(c1)CNCC(=O)N2.CN(Cc1cc2ccccc2n1C)C(=O)/C=C/c1cnc2c(c1)CNCC(=O)N2.COc1ccc(CN2CC(=O)Nc3ncc(/C=C/C(=O)N(C)Cc4cc5ccccc5n4C)cc3C2)cc1.Cl. The van der Waals surface area contributed by atoms with Crippen LogP contribution in [-0.2, 0) is 95.7 Å². The first-order valence-electron chi connectivity index (χ1n) is 31.4. The number of nitrogens with one attached hydrogen (secondary N) is 5. The van der Waals surface area contributed by atoms with Crippen molar-refractivity contribution in [3.05, 3.63) is 226 Å². The number of anilines is 3. The number of nitrogens with zero attached hydrogens (tertiary/aromatic N) is 10. The first-order chi connectivity index (χ1) is 46.4. The van der Waals surface area contributed by atoms with Crippen molar-refractivity contribution in [3.63, 3.8) is 0 Å². The quantitative estimate of drug-likeness (QED) is 0.0603. The molecule has 3 aliphatic rings. The Morgan fingerprint density at radius 2 is 0.835 bits per heavy atom. The number of fused-ring (bicyclic) bond motifs is 6. The molecule has 0 aliphatic carbocycles. The number of hydrogen-bond donors (Lipinski definition) is 5. The Labute approximate surface area is 568 Å². The van der Waals surface area contributed by atoms with Gasteiger partial charge in [0.15, 0.2) is 0 Å². The number of methoxy groups -OCH3 is 1. The molecule has 97 heavy (non-hydrogen) atoms. The van der Waals surface area contributed by atoms with Crippen molar-refractivity contribution in [2.24, 2.45) is 21.1 Å². The summed E-state index contributed by atoms with van der Waals surface area (Å²) in [5, 5.41) is 18.0. The molecule has 5 N–H and O–H groups in total. The van der Waals surface area contributed by atoms with Crippen molar-refractivity contribution in [1.29, 1.82) is 0 Å². The third-order valence-electron chi connectivity index (χ3n) is 17.0. The highest BCUT2D eigenvalue weighted by molar-refractivity contribution is 5.96. The predicted molar refractivity (Wildman–Crippen MR) is 382 cm³/mol. The molecule has 13 rings (SSSR count). The number of pyridine rings is 3. The van der Waals surface area contributed by atoms with Crippen molar-refractivity contribution in [3.8, 4) is 5.75 Å². The number of likely N-dealkylation sites (N-methyl/N-ethyl adjacent to an activating group) is 3. The molecule has 0 atom stereocenters. The van der Waals surface area contributed by atoms with Crippen LogP contribution in [0.25, 0.3) is 50.9 Å². The number of halogens is 1. The van der Waals surface area contributed by atoms with Gasteiger partial charge in [-0.05, 0) is 123 Å². The molecule has 3 aliphatic heterocycles. The van der Waals surface area contributed by atoms with E-state index in [2.05, 4.69) is 115 Å². The fourth-order valence-electron chi connectivity index (χ4n) is 11.7. The van der Waals surface area contributed by atoms with E-state index in [1.165, 1.54) is 0 Å². The van der Waals surface area contributed by atoms with Crippen molar-refractivity contribution in [2.75, 3.05) is 63.8 Å². The van der Waals surface area contributed by atoms with Gasteiger partial charge in [-0.3, -0.25) is 33.7 Å². The summed E-state index contributed by atoms with van der Waals surface area (Å²) >= 11 is 0. The molecule has 0 unspecified atom stereocenters. The van der Waals surface area contributed by atoms with Gasteiger partial charge in [0.1, 0.15) is 23.2 Å². The second-order valence-electron chi connectivity index (χ2n) is 24.0. The molecular weight excluding hydrogens is 1250 g/mol. The third-order valence-corrected chi connectivity index (χ3v) is 17.0. The van der Waals surface area contributed by atoms with Gasteiger partial charge in [0.2, 0.25) is 35.4 Å². The van der Waals surface area contributed by atoms with Crippen LogP contribution in [0.3, 0.4) is 0 Å². The number of aromatic nitrogens is 6. The minimum Gasteiger partial charge on any atom is -0.497 e. The Bertz CT molecular complexity index is 4490. The number of aryl methyl sites for hydroxylation is 3. The molecule has 10 aromatic rings. The van der Waals surface area contributed by atoms with E-state index in [0.29, 0.717) is 63.3 Å². The zero-order valence-corrected chi connectivity index (χ0v) is 56.0. The van der Waals surface area contributed by atoms with E-state index >= 15 is 0 Å². The normalized spacial score (nSPS) is 13.7. The lowest BCUT2D eigenvalue weighted by Crippen LogP contribution is -2.29. The van der Waals surface area contributed by atoms with E-state index in [1.54, 1.807) is 98.0 Å². The van der Waals surface area contributed by atoms with E-state index in [1.807, 2.05) is 100 Å². The second kappa shape index (κ2) is 31.5. The minimum atomic E-state index is -0.107. The molecule has 0 bridgehead atoms. The Morgan fingerprint density at radius 3 is 1.22 bits per heavy atom. The van der Waals surface area contributed by atoms with Crippen LogP contribution < -0.4 is 31.3 Å². The lowest BCUT2D eigenvalue weighted by Gasteiger charge is -2.19. The number of benzene rings is 4. The molecule has 9 heterocycles. The maximum atomic E-state index is 12.9. The summed E-state index contributed by atoms with van der Waals surface area (Å²) in [7, 11) is 13.1. The molecule has 0 fully saturated rings. The number of para-hydroxylation sites is 3. The highest BCUT2D eigenvalue weighted by Crippen LogP contribution is 2.26. The molecule has 4 aromatic carbocycles. The molecule has 0 saturated heterocycles. The van der Waals surface area contributed by atoms with E-state index < -0.39 is 0 Å². The van der Waals surface area contributed by atoms with Crippen LogP contribution in [0.4, 0.5) is 17.5 Å². The summed E-state index contributed by atoms with van der Waals surface area (Å²) < 4.78 is 11.6. The Morgan fingerprint density at radius 1 is 0.474 bits per heavy atom. The van der Waals surface area contributed by atoms with Gasteiger partial charge in [-0.2, -0.15) is 0 Å². The summed E-state index contributed by atoms with van der Waals surface area (Å²) in [6.07, 6.45) is 14.9. The summed E-state index contributed by atoms with van der Waals surface area (Å²) in [6, 6.07) is 44.5. The van der Waals surface area contributed by atoms with Crippen molar-refractivity contribution >= 4 is 116 Å². The topological polar surface area (TPSA) is 238 Å². The van der Waals surface area contributed by atoms with Gasteiger partial charge in [-0.25, -0.2) is 15.0 Å². The predicted octanol–water partition coefficient (Wildman–Crippen LogP) is 9.20. The minimum absolute atomic E-state index is 0. The van der Waals surface area contributed by atoms with Gasteiger partial charge < -0.3 is 59.7 Å². The summed E-state index contributed by atoms with van der Waals surface area (Å²) in [5.74, 6) is 1.90. The van der Waals surface area contributed by atoms with Crippen LogP contribution >= 0.6 is 12.4 Å². The van der Waals surface area contributed by atoms with Crippen LogP contribution in [0, 0.1) is 0 Å². The van der Waals surface area contributed by atoms with Gasteiger partial charge in [0, 0.05) is 156 Å². The summed E-state index contributed by atoms with van der Waals surface area (Å²) in [5.41, 5.74) is 12.9. The number of ether oxygens (including phenoxy) is 1. The van der Waals surface area contributed by atoms with Gasteiger partial charge in [-0.1, -0.05) is 66.7 Å². The van der Waals surface area contributed by atoms with Gasteiger partial charge in [-0.15, -0.1) is 12.4 Å². The van der Waals surface area contributed by atoms with Gasteiger partial charge in [0.25, 0.3) is 0 Å². The van der Waals surface area contributed by atoms with E-state index in [-0.39, 0.29) is 67.5 Å². The fourth-order valence-corrected chi connectivity index (χ4v) is 11.7. The van der Waals surface area contributed by atoms with E-state index in [4.69, 9.17) is 4.74 Å². The van der Waals surface area contributed by atoms with Crippen molar-refractivity contribution in [1.82, 2.24) is 58.9 Å². The summed E-state index contributed by atoms with van der Waals surface area (Å²) in [4.78, 5) is 93.8. The molecule has 0 radical (unpaired) electrons. The first-order valence-corrected chi connectivity index (χ1v) is 31.4. The Kier molecular flexibility index (Phi) is 22.3. The number of carbonyl (C=O) groups is 6. The molecule has 6 aromatic heterocycles. The van der Waals surface area contributed by atoms with Crippen molar-refractivity contribution < 1.29 is 33.5 Å². The largest absolute Gasteiger partial charge is 0.497 e. The standard InChI is InChI=1S/C30H31N5O3.2C22H23N5O2.ClH/c1-33(19-25-15-23-6-4-5-7-27(23)34(25)2)29(37)13-10-22-14-24-18-35(20-28(36)32-30(24)31-16-22)17-21-8-11-26(38-3)12-9-21;2*1-26(14-18-10-16-5-3-4-6-19(16)27(18)2)21(29)8-7-15-9-17-12-23-13-20(28)25-22(17)24-11-15;/h4-16H,17-20H2,1-3H3,(H,31,32,36);2*3-11,23H,12-14H2,1-2H3,(H,24,25,28);1H/b13-10+;2*8-7+;. The number of amides is 6. The summed E-state index contributed by atoms with van der Waals surface area (Å²) in [6.45, 7) is 4.62. The van der Waals surface area contributed by atoms with Crippen LogP contribution in [0.1, 0.15) is 56.0 Å². The second-order valence-corrected chi connectivity index (χ2v) is 24.0. The molecule has 0 spiro atoms. The first kappa shape index (κ1) is 68.8. The lowest BCUT2D eigenvalue weighted by molar-refractivity contribution is -0.126. The maximum absolute atomic E-state index is 12.9. The average molecular weight is 1320 g/mol. The number of hydrogen-bond acceptors (Lipinski definition) is 13. The number of carbonyl (C=O) groups excluding carboxylic acids is 6. The average Bonchev–Trinajstić information content (AvgIpc) is 1.68. The smallest absolute Gasteiger partial charge is 0.246 e. The van der Waals surface area contributed by atoms with E-state index in [9.17, 15) is 28.8 Å². The fraction of sp³-hybridized carbons (Fsp3) is 0.230. The highest BCUT2D eigenvalue weighted by atomic mass is 35.5. The van der Waals surface area contributed by atoms with Crippen LogP contribution in [0.2, 0.25) is 0 Å². The zero-order valence-electron chi connectivity index (χ0n) is 55.2. The lowest BCUT2D eigenvalue weighted by atomic mass is 10.1. The van der Waals surface area contributed by atoms with Crippen molar-refractivity contribution in [2.45, 2.75) is 45.8 Å². The van der Waals surface area contributed by atoms with Gasteiger partial charge in [0.05, 0.1) is 46.4 Å².